The first-order chi connectivity index (χ1) is 6.50. The maximum absolute atomic E-state index is 13.1. The topological polar surface area (TPSA) is 75.7 Å². The summed E-state index contributed by atoms with van der Waals surface area (Å²) in [4.78, 5) is 14.2. The highest BCUT2D eigenvalue weighted by Gasteiger charge is 2.09. The second-order valence-corrected chi connectivity index (χ2v) is 2.72. The molecule has 5 heteroatoms. The van der Waals surface area contributed by atoms with Gasteiger partial charge in [-0.15, -0.1) is 0 Å². The summed E-state index contributed by atoms with van der Waals surface area (Å²) in [5.41, 5.74) is 5.21. The van der Waals surface area contributed by atoms with E-state index < -0.39 is 11.8 Å². The van der Waals surface area contributed by atoms with E-state index in [2.05, 4.69) is 4.99 Å². The van der Waals surface area contributed by atoms with Gasteiger partial charge in [0.05, 0.1) is 17.1 Å². The van der Waals surface area contributed by atoms with Crippen LogP contribution in [0.15, 0.2) is 23.2 Å². The van der Waals surface area contributed by atoms with Crippen molar-refractivity contribution in [2.45, 2.75) is 6.92 Å². The Kier molecular flexibility index (Phi) is 2.81. The minimum absolute atomic E-state index is 0.285. The summed E-state index contributed by atoms with van der Waals surface area (Å²) in [7, 11) is 0. The Balaban J connectivity index is 3.13. The Morgan fingerprint density at radius 3 is 2.64 bits per heavy atom. The fraction of sp³-hybridized carbons (Fsp3) is 0.111. The molecular formula is C9H9FN2O2. The van der Waals surface area contributed by atoms with E-state index in [1.54, 1.807) is 6.92 Å². The van der Waals surface area contributed by atoms with E-state index in [9.17, 15) is 9.18 Å². The van der Waals surface area contributed by atoms with E-state index in [0.717, 1.165) is 12.1 Å². The molecule has 0 heterocycles. The van der Waals surface area contributed by atoms with Gasteiger partial charge in [-0.05, 0) is 19.1 Å². The lowest BCUT2D eigenvalue weighted by Gasteiger charge is -1.99. The first-order valence-electron chi connectivity index (χ1n) is 3.84. The van der Waals surface area contributed by atoms with Gasteiger partial charge in [-0.1, -0.05) is 0 Å². The average Bonchev–Trinajstić information content (AvgIpc) is 2.01. The highest BCUT2D eigenvalue weighted by molar-refractivity contribution is 5.88. The predicted molar refractivity (Wildman–Crippen MR) is 50.3 cm³/mol. The van der Waals surface area contributed by atoms with E-state index in [1.807, 2.05) is 0 Å². The monoisotopic (exact) mass is 196 g/mol. The highest BCUT2D eigenvalue weighted by atomic mass is 19.1. The number of nitrogens with two attached hydrogens (primary N) is 1. The maximum atomic E-state index is 13.1. The number of carbonyl (C=O) groups is 1. The van der Waals surface area contributed by atoms with E-state index in [4.69, 9.17) is 10.8 Å². The molecule has 0 aromatic heterocycles. The number of benzene rings is 1. The summed E-state index contributed by atoms with van der Waals surface area (Å²) in [5, 5.41) is 8.54. The molecule has 0 aliphatic heterocycles. The zero-order chi connectivity index (χ0) is 10.7. The van der Waals surface area contributed by atoms with Crippen molar-refractivity contribution in [3.8, 4) is 0 Å². The van der Waals surface area contributed by atoms with Gasteiger partial charge in [0.25, 0.3) is 0 Å². The first-order valence-corrected chi connectivity index (χ1v) is 3.84. The summed E-state index contributed by atoms with van der Waals surface area (Å²) >= 11 is 0. The van der Waals surface area contributed by atoms with Gasteiger partial charge in [-0.2, -0.15) is 0 Å². The van der Waals surface area contributed by atoms with Crippen molar-refractivity contribution in [3.05, 3.63) is 29.6 Å². The molecule has 74 valence electrons. The molecule has 0 unspecified atom stereocenters. The van der Waals surface area contributed by atoms with E-state index in [0.29, 0.717) is 5.69 Å². The summed E-state index contributed by atoms with van der Waals surface area (Å²) in [5.74, 6) is -1.84. The number of carboxylic acid groups (broad SMARTS) is 1. The average molecular weight is 196 g/mol. The Morgan fingerprint density at radius 1 is 1.57 bits per heavy atom. The molecule has 3 N–H and O–H groups in total. The molecule has 0 bridgehead atoms. The number of nitrogens with zero attached hydrogens (tertiary/aromatic N) is 1. The van der Waals surface area contributed by atoms with Gasteiger partial charge in [0.1, 0.15) is 5.82 Å². The number of aliphatic imine (C=N–C) groups is 1. The summed E-state index contributed by atoms with van der Waals surface area (Å²) in [6.07, 6.45) is 0. The number of rotatable bonds is 2. The van der Waals surface area contributed by atoms with Crippen LogP contribution < -0.4 is 5.73 Å². The standard InChI is InChI=1S/C9H9FN2O2/c1-5(11)12-6-2-3-7(9(13)14)8(10)4-6/h2-4H,1H3,(H2,11,12)(H,13,14). The molecule has 0 saturated heterocycles. The molecule has 0 atom stereocenters. The van der Waals surface area contributed by atoms with Crippen molar-refractivity contribution >= 4 is 17.5 Å². The molecular weight excluding hydrogens is 187 g/mol. The second kappa shape index (κ2) is 3.87. The van der Waals surface area contributed by atoms with Crippen molar-refractivity contribution in [3.63, 3.8) is 0 Å². The van der Waals surface area contributed by atoms with Crippen LogP contribution in [0.1, 0.15) is 17.3 Å². The first kappa shape index (κ1) is 10.2. The van der Waals surface area contributed by atoms with Crippen LogP contribution >= 0.6 is 0 Å². The Hall–Kier alpha value is -1.91. The van der Waals surface area contributed by atoms with Crippen LogP contribution in [0.4, 0.5) is 10.1 Å². The molecule has 0 fully saturated rings. The molecule has 1 aromatic carbocycles. The number of aromatic carboxylic acids is 1. The van der Waals surface area contributed by atoms with Crippen LogP contribution in [0.2, 0.25) is 0 Å². The number of halogens is 1. The lowest BCUT2D eigenvalue weighted by atomic mass is 10.2. The lowest BCUT2D eigenvalue weighted by Crippen LogP contribution is -2.04. The zero-order valence-corrected chi connectivity index (χ0v) is 7.49. The van der Waals surface area contributed by atoms with Gasteiger partial charge < -0.3 is 10.8 Å². The molecule has 0 aliphatic carbocycles. The van der Waals surface area contributed by atoms with Gasteiger partial charge in [0.2, 0.25) is 0 Å². The number of hydrogen-bond donors (Lipinski definition) is 2. The van der Waals surface area contributed by atoms with Crippen LogP contribution in [0.5, 0.6) is 0 Å². The fourth-order valence-corrected chi connectivity index (χ4v) is 0.951. The molecule has 0 amide bonds. The Morgan fingerprint density at radius 2 is 2.21 bits per heavy atom. The largest absolute Gasteiger partial charge is 0.478 e. The smallest absolute Gasteiger partial charge is 0.338 e. The van der Waals surface area contributed by atoms with Crippen LogP contribution in [0.25, 0.3) is 0 Å². The van der Waals surface area contributed by atoms with Crippen LogP contribution in [0, 0.1) is 5.82 Å². The molecule has 0 aliphatic rings. The van der Waals surface area contributed by atoms with Gasteiger partial charge >= 0.3 is 5.97 Å². The van der Waals surface area contributed by atoms with Crippen molar-refractivity contribution in [2.75, 3.05) is 0 Å². The third-order valence-corrected chi connectivity index (χ3v) is 1.49. The van der Waals surface area contributed by atoms with Crippen LogP contribution in [-0.2, 0) is 0 Å². The lowest BCUT2D eigenvalue weighted by molar-refractivity contribution is 0.0692. The Bertz CT molecular complexity index is 398. The van der Waals surface area contributed by atoms with Crippen LogP contribution in [0.3, 0.4) is 0 Å². The van der Waals surface area contributed by atoms with Gasteiger partial charge in [0, 0.05) is 6.07 Å². The van der Waals surface area contributed by atoms with Crippen molar-refractivity contribution in [1.82, 2.24) is 0 Å². The van der Waals surface area contributed by atoms with Gasteiger partial charge in [-0.25, -0.2) is 14.2 Å². The van der Waals surface area contributed by atoms with Crippen molar-refractivity contribution in [1.29, 1.82) is 0 Å². The van der Waals surface area contributed by atoms with E-state index >= 15 is 0 Å². The summed E-state index contributed by atoms with van der Waals surface area (Å²) in [6, 6.07) is 3.57. The maximum Gasteiger partial charge on any atom is 0.338 e. The predicted octanol–water partition coefficient (Wildman–Crippen LogP) is 1.53. The van der Waals surface area contributed by atoms with Crippen molar-refractivity contribution < 1.29 is 14.3 Å². The minimum atomic E-state index is -1.30. The molecule has 4 nitrogen and oxygen atoms in total. The quantitative estimate of drug-likeness (QED) is 0.556. The van der Waals surface area contributed by atoms with Crippen LogP contribution in [-0.4, -0.2) is 16.9 Å². The zero-order valence-electron chi connectivity index (χ0n) is 7.49. The Labute approximate surface area is 79.9 Å². The number of amidine groups is 1. The summed E-state index contributed by atoms with van der Waals surface area (Å²) < 4.78 is 13.1. The minimum Gasteiger partial charge on any atom is -0.478 e. The molecule has 0 saturated carbocycles. The molecule has 0 radical (unpaired) electrons. The second-order valence-electron chi connectivity index (χ2n) is 2.72. The third kappa shape index (κ3) is 2.29. The van der Waals surface area contributed by atoms with Crippen molar-refractivity contribution in [2.24, 2.45) is 10.7 Å². The SMILES string of the molecule is CC(N)=Nc1ccc(C(=O)O)c(F)c1. The number of carboxylic acids is 1. The highest BCUT2D eigenvalue weighted by Crippen LogP contribution is 2.17. The molecule has 14 heavy (non-hydrogen) atoms. The third-order valence-electron chi connectivity index (χ3n) is 1.49. The van der Waals surface area contributed by atoms with Gasteiger partial charge in [0.15, 0.2) is 0 Å². The van der Waals surface area contributed by atoms with E-state index in [1.165, 1.54) is 6.07 Å². The fourth-order valence-electron chi connectivity index (χ4n) is 0.951. The molecule has 1 aromatic rings. The van der Waals surface area contributed by atoms with E-state index in [-0.39, 0.29) is 11.4 Å². The number of hydrogen-bond acceptors (Lipinski definition) is 2. The normalized spacial score (nSPS) is 11.4. The molecule has 0 spiro atoms. The molecule has 1 rings (SSSR count). The summed E-state index contributed by atoms with van der Waals surface area (Å²) in [6.45, 7) is 1.56. The van der Waals surface area contributed by atoms with Gasteiger partial charge in [-0.3, -0.25) is 0 Å².